The first-order chi connectivity index (χ1) is 6.68. The molecule has 0 spiro atoms. The van der Waals surface area contributed by atoms with E-state index in [1.165, 1.54) is 10.7 Å². The van der Waals surface area contributed by atoms with Crippen LogP contribution in [-0.4, -0.2) is 21.0 Å². The smallest absolute Gasteiger partial charge is 0.267 e. The molecule has 2 atom stereocenters. The summed E-state index contributed by atoms with van der Waals surface area (Å²) in [5.74, 6) is 0. The predicted molar refractivity (Wildman–Crippen MR) is 52.1 cm³/mol. The van der Waals surface area contributed by atoms with Crippen LogP contribution in [0.3, 0.4) is 0 Å². The van der Waals surface area contributed by atoms with E-state index in [1.807, 2.05) is 6.92 Å². The molecule has 4 nitrogen and oxygen atoms in total. The number of hydrogen-bond acceptors (Lipinski definition) is 3. The molecular formula is C10H14N2O2. The third-order valence-electron chi connectivity index (χ3n) is 2.72. The molecule has 0 unspecified atom stereocenters. The highest BCUT2D eigenvalue weighted by atomic mass is 16.3. The Morgan fingerprint density at radius 3 is 2.93 bits per heavy atom. The van der Waals surface area contributed by atoms with Gasteiger partial charge in [-0.3, -0.25) is 4.79 Å². The number of nitrogens with zero attached hydrogens (tertiary/aromatic N) is 2. The van der Waals surface area contributed by atoms with E-state index in [4.69, 9.17) is 0 Å². The number of rotatable bonds is 1. The Bertz CT molecular complexity index is 386. The van der Waals surface area contributed by atoms with Gasteiger partial charge >= 0.3 is 0 Å². The quantitative estimate of drug-likeness (QED) is 0.713. The van der Waals surface area contributed by atoms with Crippen molar-refractivity contribution in [3.63, 3.8) is 0 Å². The molecule has 4 heteroatoms. The zero-order chi connectivity index (χ0) is 10.1. The summed E-state index contributed by atoms with van der Waals surface area (Å²) in [6.07, 6.45) is 2.17. The van der Waals surface area contributed by atoms with Gasteiger partial charge in [0.2, 0.25) is 0 Å². The minimum Gasteiger partial charge on any atom is -0.391 e. The Balaban J connectivity index is 2.40. The minimum atomic E-state index is -0.415. The van der Waals surface area contributed by atoms with Crippen molar-refractivity contribution in [2.24, 2.45) is 0 Å². The van der Waals surface area contributed by atoms with Crippen molar-refractivity contribution in [2.75, 3.05) is 0 Å². The zero-order valence-electron chi connectivity index (χ0n) is 8.18. The Morgan fingerprint density at radius 2 is 2.29 bits per heavy atom. The monoisotopic (exact) mass is 194 g/mol. The van der Waals surface area contributed by atoms with Crippen LogP contribution in [0.15, 0.2) is 16.9 Å². The van der Waals surface area contributed by atoms with Crippen LogP contribution in [-0.2, 0) is 0 Å². The fourth-order valence-corrected chi connectivity index (χ4v) is 1.96. The topological polar surface area (TPSA) is 55.1 Å². The maximum atomic E-state index is 11.5. The molecular weight excluding hydrogens is 180 g/mol. The fourth-order valence-electron chi connectivity index (χ4n) is 1.96. The van der Waals surface area contributed by atoms with Crippen LogP contribution in [0.4, 0.5) is 0 Å². The summed E-state index contributed by atoms with van der Waals surface area (Å²) in [4.78, 5) is 11.5. The summed E-state index contributed by atoms with van der Waals surface area (Å²) in [6.45, 7) is 1.84. The molecule has 1 fully saturated rings. The lowest BCUT2D eigenvalue weighted by Gasteiger charge is -2.16. The van der Waals surface area contributed by atoms with Gasteiger partial charge in [-0.2, -0.15) is 5.10 Å². The molecule has 2 rings (SSSR count). The Kier molecular flexibility index (Phi) is 2.37. The van der Waals surface area contributed by atoms with Crippen molar-refractivity contribution in [2.45, 2.75) is 38.3 Å². The lowest BCUT2D eigenvalue weighted by atomic mass is 10.2. The van der Waals surface area contributed by atoms with Gasteiger partial charge in [0.1, 0.15) is 0 Å². The Morgan fingerprint density at radius 1 is 1.50 bits per heavy atom. The van der Waals surface area contributed by atoms with Crippen LogP contribution in [0.1, 0.15) is 31.0 Å². The third-order valence-corrected chi connectivity index (χ3v) is 2.72. The number of aromatic nitrogens is 2. The highest BCUT2D eigenvalue weighted by molar-refractivity contribution is 4.99. The second-order valence-electron chi connectivity index (χ2n) is 3.82. The maximum Gasteiger partial charge on any atom is 0.267 e. The van der Waals surface area contributed by atoms with Crippen LogP contribution in [0.5, 0.6) is 0 Å². The molecule has 0 bridgehead atoms. The van der Waals surface area contributed by atoms with E-state index < -0.39 is 6.10 Å². The molecule has 0 amide bonds. The van der Waals surface area contributed by atoms with Gasteiger partial charge in [-0.15, -0.1) is 0 Å². The van der Waals surface area contributed by atoms with Gasteiger partial charge < -0.3 is 5.11 Å². The van der Waals surface area contributed by atoms with Crippen LogP contribution in [0.2, 0.25) is 0 Å². The first kappa shape index (κ1) is 9.40. The zero-order valence-corrected chi connectivity index (χ0v) is 8.18. The molecule has 0 saturated heterocycles. The average Bonchev–Trinajstić information content (AvgIpc) is 2.56. The lowest BCUT2D eigenvalue weighted by Crippen LogP contribution is -2.31. The molecule has 0 aliphatic heterocycles. The summed E-state index contributed by atoms with van der Waals surface area (Å²) < 4.78 is 1.42. The Hall–Kier alpha value is -1.16. The van der Waals surface area contributed by atoms with E-state index in [0.717, 1.165) is 25.0 Å². The van der Waals surface area contributed by atoms with Crippen molar-refractivity contribution in [1.29, 1.82) is 0 Å². The lowest BCUT2D eigenvalue weighted by molar-refractivity contribution is 0.127. The van der Waals surface area contributed by atoms with Crippen molar-refractivity contribution >= 4 is 0 Å². The number of aliphatic hydroxyl groups is 1. The van der Waals surface area contributed by atoms with Gasteiger partial charge in [-0.25, -0.2) is 4.68 Å². The van der Waals surface area contributed by atoms with Crippen molar-refractivity contribution in [1.82, 2.24) is 9.78 Å². The molecule has 1 aliphatic carbocycles. The summed E-state index contributed by atoms with van der Waals surface area (Å²) >= 11 is 0. The molecule has 76 valence electrons. The van der Waals surface area contributed by atoms with E-state index >= 15 is 0 Å². The Labute approximate surface area is 82.2 Å². The summed E-state index contributed by atoms with van der Waals surface area (Å²) in [7, 11) is 0. The molecule has 0 aromatic carbocycles. The van der Waals surface area contributed by atoms with Crippen LogP contribution in [0.25, 0.3) is 0 Å². The summed E-state index contributed by atoms with van der Waals surface area (Å²) in [6, 6.07) is 3.08. The number of hydrogen-bond donors (Lipinski definition) is 1. The van der Waals surface area contributed by atoms with Crippen LogP contribution >= 0.6 is 0 Å². The molecule has 1 heterocycles. The van der Waals surface area contributed by atoms with Crippen LogP contribution < -0.4 is 5.56 Å². The molecule has 0 radical (unpaired) electrons. The van der Waals surface area contributed by atoms with E-state index in [0.29, 0.717) is 0 Å². The van der Waals surface area contributed by atoms with Crippen molar-refractivity contribution in [3.05, 3.63) is 28.2 Å². The van der Waals surface area contributed by atoms with Gasteiger partial charge in [0.05, 0.1) is 17.8 Å². The molecule has 1 aliphatic rings. The largest absolute Gasteiger partial charge is 0.391 e. The predicted octanol–water partition coefficient (Wildman–Crippen LogP) is 0.638. The average molecular weight is 194 g/mol. The first-order valence-corrected chi connectivity index (χ1v) is 4.93. The number of aliphatic hydroxyl groups excluding tert-OH is 1. The highest BCUT2D eigenvalue weighted by Crippen LogP contribution is 2.27. The minimum absolute atomic E-state index is 0.123. The molecule has 1 aromatic rings. The van der Waals surface area contributed by atoms with E-state index in [9.17, 15) is 9.90 Å². The van der Waals surface area contributed by atoms with Gasteiger partial charge in [-0.1, -0.05) is 0 Å². The standard InChI is InChI=1S/C10H14N2O2/c1-7-5-6-10(14)12(11-7)8-3-2-4-9(8)13/h5-6,8-9,13H,2-4H2,1H3/t8-,9-/m0/s1. The van der Waals surface area contributed by atoms with Crippen molar-refractivity contribution in [3.8, 4) is 0 Å². The third kappa shape index (κ3) is 1.57. The normalized spacial score (nSPS) is 26.7. The second kappa shape index (κ2) is 3.53. The second-order valence-corrected chi connectivity index (χ2v) is 3.82. The maximum absolute atomic E-state index is 11.5. The van der Waals surface area contributed by atoms with Gasteiger partial charge in [-0.05, 0) is 32.3 Å². The number of aryl methyl sites for hydroxylation is 1. The van der Waals surface area contributed by atoms with Gasteiger partial charge in [0.15, 0.2) is 0 Å². The molecule has 14 heavy (non-hydrogen) atoms. The van der Waals surface area contributed by atoms with Crippen LogP contribution in [0, 0.1) is 6.92 Å². The molecule has 1 aromatic heterocycles. The molecule has 1 saturated carbocycles. The van der Waals surface area contributed by atoms with Gasteiger partial charge in [0, 0.05) is 6.07 Å². The van der Waals surface area contributed by atoms with E-state index in [2.05, 4.69) is 5.10 Å². The fraction of sp³-hybridized carbons (Fsp3) is 0.600. The van der Waals surface area contributed by atoms with Gasteiger partial charge in [0.25, 0.3) is 5.56 Å². The highest BCUT2D eigenvalue weighted by Gasteiger charge is 2.28. The summed E-state index contributed by atoms with van der Waals surface area (Å²) in [5, 5.41) is 13.8. The first-order valence-electron chi connectivity index (χ1n) is 4.93. The summed E-state index contributed by atoms with van der Waals surface area (Å²) in [5.41, 5.74) is 0.685. The SMILES string of the molecule is Cc1ccc(=O)n([C@H]2CCC[C@@H]2O)n1. The van der Waals surface area contributed by atoms with Crippen molar-refractivity contribution < 1.29 is 5.11 Å². The van der Waals surface area contributed by atoms with E-state index in [-0.39, 0.29) is 11.6 Å². The van der Waals surface area contributed by atoms with E-state index in [1.54, 1.807) is 6.07 Å². The molecule has 1 N–H and O–H groups in total.